The summed E-state index contributed by atoms with van der Waals surface area (Å²) in [6, 6.07) is 12.9. The van der Waals surface area contributed by atoms with E-state index in [0.29, 0.717) is 11.4 Å². The first-order valence-electron chi connectivity index (χ1n) is 9.44. The third kappa shape index (κ3) is 5.11. The van der Waals surface area contributed by atoms with Gasteiger partial charge in [-0.25, -0.2) is 4.79 Å². The second-order valence-electron chi connectivity index (χ2n) is 6.81. The van der Waals surface area contributed by atoms with Crippen molar-refractivity contribution in [2.75, 3.05) is 29.9 Å². The lowest BCUT2D eigenvalue weighted by Crippen LogP contribution is -2.21. The number of nitriles is 1. The van der Waals surface area contributed by atoms with E-state index in [2.05, 4.69) is 5.32 Å². The van der Waals surface area contributed by atoms with Gasteiger partial charge in [-0.1, -0.05) is 12.1 Å². The number of anilines is 2. The molecule has 1 saturated heterocycles. The van der Waals surface area contributed by atoms with Crippen LogP contribution in [0.5, 0.6) is 0 Å². The minimum absolute atomic E-state index is 0.0123. The molecule has 0 unspecified atom stereocenters. The number of hydrogen-bond donors (Lipinski definition) is 1. The fraction of sp³-hybridized carbons (Fsp3) is 0.286. The van der Waals surface area contributed by atoms with Crippen LogP contribution in [0.2, 0.25) is 0 Å². The zero-order valence-corrected chi connectivity index (χ0v) is 16.2. The van der Waals surface area contributed by atoms with E-state index < -0.39 is 23.4 Å². The van der Waals surface area contributed by atoms with Gasteiger partial charge in [0.2, 0.25) is 0 Å². The Morgan fingerprint density at radius 1 is 1.17 bits per heavy atom. The van der Waals surface area contributed by atoms with E-state index in [0.717, 1.165) is 31.5 Å². The van der Waals surface area contributed by atoms with Crippen molar-refractivity contribution in [1.29, 1.82) is 5.26 Å². The number of benzene rings is 2. The van der Waals surface area contributed by atoms with Crippen molar-refractivity contribution >= 4 is 28.9 Å². The van der Waals surface area contributed by atoms with E-state index in [1.807, 2.05) is 11.0 Å². The molecule has 1 N–H and O–H groups in total. The fourth-order valence-corrected chi connectivity index (χ4v) is 3.23. The summed E-state index contributed by atoms with van der Waals surface area (Å²) in [7, 11) is 0. The van der Waals surface area contributed by atoms with Crippen molar-refractivity contribution in [2.24, 2.45) is 0 Å². The van der Waals surface area contributed by atoms with E-state index in [1.54, 1.807) is 30.3 Å². The number of nitrogens with one attached hydrogen (secondary N) is 1. The number of amides is 1. The molecular formula is C21H20N4O5. The van der Waals surface area contributed by atoms with Crippen molar-refractivity contribution in [1.82, 2.24) is 0 Å². The molecule has 1 amide bonds. The predicted octanol–water partition coefficient (Wildman–Crippen LogP) is 3.06. The van der Waals surface area contributed by atoms with Gasteiger partial charge < -0.3 is 15.0 Å². The lowest BCUT2D eigenvalue weighted by molar-refractivity contribution is -0.384. The van der Waals surface area contributed by atoms with Crippen molar-refractivity contribution in [3.63, 3.8) is 0 Å². The molecule has 2 aromatic rings. The van der Waals surface area contributed by atoms with Crippen LogP contribution in [-0.4, -0.2) is 36.5 Å². The summed E-state index contributed by atoms with van der Waals surface area (Å²) in [5.41, 5.74) is 1.66. The smallest absolute Gasteiger partial charge is 0.338 e. The maximum atomic E-state index is 12.3. The number of nitro groups is 1. The van der Waals surface area contributed by atoms with Crippen molar-refractivity contribution < 1.29 is 19.2 Å². The second-order valence-corrected chi connectivity index (χ2v) is 6.81. The van der Waals surface area contributed by atoms with Crippen LogP contribution in [0.15, 0.2) is 42.5 Å². The topological polar surface area (TPSA) is 126 Å². The highest BCUT2D eigenvalue weighted by Gasteiger charge is 2.24. The average Bonchev–Trinajstić information content (AvgIpc) is 3.28. The van der Waals surface area contributed by atoms with Crippen molar-refractivity contribution in [3.8, 4) is 6.07 Å². The highest BCUT2D eigenvalue weighted by molar-refractivity contribution is 5.96. The Kier molecular flexibility index (Phi) is 6.60. The molecule has 0 spiro atoms. The molecule has 9 heteroatoms. The van der Waals surface area contributed by atoms with E-state index in [9.17, 15) is 19.7 Å². The monoisotopic (exact) mass is 408 g/mol. The normalized spacial score (nSPS) is 12.8. The van der Waals surface area contributed by atoms with Crippen LogP contribution >= 0.6 is 0 Å². The quantitative estimate of drug-likeness (QED) is 0.424. The molecule has 1 heterocycles. The highest BCUT2D eigenvalue weighted by atomic mass is 16.6. The number of rotatable bonds is 7. The minimum Gasteiger partial charge on any atom is -0.452 e. The SMILES string of the molecule is N#CCc1ccc(NC(=O)COC(=O)c2ccc(N3CCCC3)c([N+](=O)[O-])c2)cc1. The van der Waals surface area contributed by atoms with Crippen LogP contribution in [0.3, 0.4) is 0 Å². The van der Waals surface area contributed by atoms with Crippen molar-refractivity contribution in [2.45, 2.75) is 19.3 Å². The molecule has 3 rings (SSSR count). The van der Waals surface area contributed by atoms with Gasteiger partial charge in [0, 0.05) is 24.8 Å². The Balaban J connectivity index is 1.60. The third-order valence-electron chi connectivity index (χ3n) is 4.71. The first kappa shape index (κ1) is 20.8. The lowest BCUT2D eigenvalue weighted by Gasteiger charge is -2.17. The zero-order chi connectivity index (χ0) is 21.5. The number of hydrogen-bond acceptors (Lipinski definition) is 7. The fourth-order valence-electron chi connectivity index (χ4n) is 3.23. The van der Waals surface area contributed by atoms with Gasteiger partial charge in [0.15, 0.2) is 6.61 Å². The summed E-state index contributed by atoms with van der Waals surface area (Å²) in [6.45, 7) is 0.949. The summed E-state index contributed by atoms with van der Waals surface area (Å²) < 4.78 is 4.99. The summed E-state index contributed by atoms with van der Waals surface area (Å²) in [4.78, 5) is 37.1. The molecule has 1 aliphatic rings. The number of ether oxygens (including phenoxy) is 1. The number of carbonyl (C=O) groups is 2. The van der Waals surface area contributed by atoms with Gasteiger partial charge in [0.05, 0.1) is 23.0 Å². The van der Waals surface area contributed by atoms with Crippen LogP contribution in [0.4, 0.5) is 17.1 Å². The van der Waals surface area contributed by atoms with Gasteiger partial charge in [-0.2, -0.15) is 5.26 Å². The summed E-state index contributed by atoms with van der Waals surface area (Å²) in [6.07, 6.45) is 2.21. The average molecular weight is 408 g/mol. The van der Waals surface area contributed by atoms with Gasteiger partial charge in [-0.3, -0.25) is 14.9 Å². The van der Waals surface area contributed by atoms with Crippen LogP contribution in [0.25, 0.3) is 0 Å². The molecule has 0 radical (unpaired) electrons. The standard InChI is InChI=1S/C21H20N4O5/c22-10-9-15-3-6-17(7-4-15)23-20(26)14-30-21(27)16-5-8-18(19(13-16)25(28)29)24-11-1-2-12-24/h3-8,13H,1-2,9,11-12,14H2,(H,23,26). The van der Waals surface area contributed by atoms with Crippen molar-refractivity contribution in [3.05, 3.63) is 63.7 Å². The minimum atomic E-state index is -0.814. The largest absolute Gasteiger partial charge is 0.452 e. The summed E-state index contributed by atoms with van der Waals surface area (Å²) >= 11 is 0. The van der Waals surface area contributed by atoms with E-state index in [1.165, 1.54) is 12.1 Å². The van der Waals surface area contributed by atoms with Gasteiger partial charge in [-0.05, 0) is 42.7 Å². The van der Waals surface area contributed by atoms with Crippen LogP contribution in [0, 0.1) is 21.4 Å². The maximum absolute atomic E-state index is 12.3. The summed E-state index contributed by atoms with van der Waals surface area (Å²) in [5, 5.41) is 22.7. The molecule has 0 aliphatic carbocycles. The molecule has 1 aliphatic heterocycles. The Hall–Kier alpha value is -3.93. The molecule has 0 saturated carbocycles. The Morgan fingerprint density at radius 2 is 1.87 bits per heavy atom. The number of carbonyl (C=O) groups excluding carboxylic acids is 2. The Morgan fingerprint density at radius 3 is 2.50 bits per heavy atom. The van der Waals surface area contributed by atoms with E-state index in [4.69, 9.17) is 10.00 Å². The molecule has 2 aromatic carbocycles. The molecule has 9 nitrogen and oxygen atoms in total. The molecular weight excluding hydrogens is 388 g/mol. The maximum Gasteiger partial charge on any atom is 0.338 e. The molecule has 30 heavy (non-hydrogen) atoms. The Labute approximate surface area is 173 Å². The number of nitrogens with zero attached hydrogens (tertiary/aromatic N) is 3. The second kappa shape index (κ2) is 9.52. The van der Waals surface area contributed by atoms with Crippen LogP contribution in [-0.2, 0) is 16.0 Å². The lowest BCUT2D eigenvalue weighted by atomic mass is 10.1. The number of esters is 1. The first-order chi connectivity index (χ1) is 14.5. The van der Waals surface area contributed by atoms with Gasteiger partial charge in [0.25, 0.3) is 11.6 Å². The number of nitro benzene ring substituents is 1. The Bertz CT molecular complexity index is 991. The van der Waals surface area contributed by atoms with E-state index in [-0.39, 0.29) is 17.7 Å². The third-order valence-corrected chi connectivity index (χ3v) is 4.71. The molecule has 0 aromatic heterocycles. The molecule has 154 valence electrons. The first-order valence-corrected chi connectivity index (χ1v) is 9.44. The van der Waals surface area contributed by atoms with Gasteiger partial charge >= 0.3 is 5.97 Å². The van der Waals surface area contributed by atoms with Gasteiger partial charge in [0.1, 0.15) is 5.69 Å². The summed E-state index contributed by atoms with van der Waals surface area (Å²) in [5.74, 6) is -1.36. The molecule has 0 atom stereocenters. The predicted molar refractivity (Wildman–Crippen MR) is 109 cm³/mol. The molecule has 0 bridgehead atoms. The van der Waals surface area contributed by atoms with Crippen LogP contribution in [0.1, 0.15) is 28.8 Å². The van der Waals surface area contributed by atoms with Gasteiger partial charge in [-0.15, -0.1) is 0 Å². The highest BCUT2D eigenvalue weighted by Crippen LogP contribution is 2.31. The van der Waals surface area contributed by atoms with E-state index >= 15 is 0 Å². The van der Waals surface area contributed by atoms with Crippen LogP contribution < -0.4 is 10.2 Å². The molecule has 1 fully saturated rings. The zero-order valence-electron chi connectivity index (χ0n) is 16.2.